The zero-order valence-corrected chi connectivity index (χ0v) is 28.5. The van der Waals surface area contributed by atoms with Crippen LogP contribution >= 0.6 is 11.6 Å². The summed E-state index contributed by atoms with van der Waals surface area (Å²) in [5.41, 5.74) is 4.93. The van der Waals surface area contributed by atoms with Crippen LogP contribution in [0.25, 0.3) is 22.5 Å². The van der Waals surface area contributed by atoms with E-state index in [2.05, 4.69) is 30.4 Å². The topological polar surface area (TPSA) is 227 Å². The van der Waals surface area contributed by atoms with Crippen LogP contribution in [0, 0.1) is 10.1 Å². The van der Waals surface area contributed by atoms with Crippen molar-refractivity contribution in [1.29, 1.82) is 0 Å². The minimum absolute atomic E-state index is 0.120. The minimum atomic E-state index is -2.07. The Balaban J connectivity index is 1.23. The van der Waals surface area contributed by atoms with E-state index in [0.29, 0.717) is 41.4 Å². The fourth-order valence-electron chi connectivity index (χ4n) is 5.14. The third-order valence-electron chi connectivity index (χ3n) is 7.80. The second-order valence-electron chi connectivity index (χ2n) is 11.3. The predicted octanol–water partition coefficient (Wildman–Crippen LogP) is 4.91. The van der Waals surface area contributed by atoms with Gasteiger partial charge in [0.25, 0.3) is 5.09 Å². The molecule has 0 bridgehead atoms. The molecule has 1 amide bonds. The zero-order chi connectivity index (χ0) is 37.0. The first kappa shape index (κ1) is 36.9. The maximum absolute atomic E-state index is 12.7. The molecule has 1 unspecified atom stereocenters. The number of H-pyrrole nitrogens is 1. The Morgan fingerprint density at radius 3 is 2.27 bits per heavy atom. The van der Waals surface area contributed by atoms with Crippen LogP contribution in [0.5, 0.6) is 0 Å². The summed E-state index contributed by atoms with van der Waals surface area (Å²) in [5, 5.41) is 35.6. The van der Waals surface area contributed by atoms with Gasteiger partial charge in [-0.15, -0.1) is 20.3 Å². The Morgan fingerprint density at radius 2 is 1.63 bits per heavy atom. The highest BCUT2D eigenvalue weighted by Crippen LogP contribution is 2.30. The van der Waals surface area contributed by atoms with E-state index in [4.69, 9.17) is 21.1 Å². The molecule has 0 fully saturated rings. The highest BCUT2D eigenvalue weighted by atomic mass is 35.5. The Labute approximate surface area is 301 Å². The molecule has 0 saturated heterocycles. The molecule has 5 aromatic rings. The summed E-state index contributed by atoms with van der Waals surface area (Å²) in [7, 11) is 0. The molecule has 2 aromatic heterocycles. The second-order valence-corrected chi connectivity index (χ2v) is 11.7. The fraction of sp³-hybridized carbons (Fsp3) is 0.265. The summed E-state index contributed by atoms with van der Waals surface area (Å²) in [6, 6.07) is 19.6. The summed E-state index contributed by atoms with van der Waals surface area (Å²) in [6.07, 6.45) is 1.16. The number of aromatic nitrogens is 6. The highest BCUT2D eigenvalue weighted by molar-refractivity contribution is 6.30. The number of ether oxygens (including phenoxy) is 2. The number of unbranched alkanes of at least 4 members (excludes halogenated alkanes) is 1. The number of imidazole rings is 1. The van der Waals surface area contributed by atoms with Gasteiger partial charge in [-0.25, -0.2) is 19.4 Å². The number of aryl methyl sites for hydroxylation is 1. The van der Waals surface area contributed by atoms with Crippen molar-refractivity contribution in [2.75, 3.05) is 0 Å². The van der Waals surface area contributed by atoms with E-state index in [9.17, 15) is 29.6 Å². The third-order valence-corrected chi connectivity index (χ3v) is 8.10. The van der Waals surface area contributed by atoms with Gasteiger partial charge in [0, 0.05) is 18.5 Å². The average Bonchev–Trinajstić information content (AvgIpc) is 3.79. The summed E-state index contributed by atoms with van der Waals surface area (Å²) in [5.74, 6) is -1.75. The van der Waals surface area contributed by atoms with E-state index in [1.54, 1.807) is 0 Å². The molecule has 270 valence electrons. The van der Waals surface area contributed by atoms with Gasteiger partial charge in [-0.05, 0) is 39.5 Å². The van der Waals surface area contributed by atoms with Gasteiger partial charge in [-0.1, -0.05) is 97.7 Å². The van der Waals surface area contributed by atoms with Crippen molar-refractivity contribution < 1.29 is 38.9 Å². The molecular weight excluding hydrogens is 700 g/mol. The molecule has 0 aliphatic heterocycles. The van der Waals surface area contributed by atoms with E-state index in [0.717, 1.165) is 35.1 Å². The maximum Gasteiger partial charge on any atom is 0.408 e. The van der Waals surface area contributed by atoms with E-state index in [1.807, 2.05) is 65.3 Å². The lowest BCUT2D eigenvalue weighted by Gasteiger charge is -2.16. The molecular formula is C34H33ClN8O9. The lowest BCUT2D eigenvalue weighted by atomic mass is 9.98. The van der Waals surface area contributed by atoms with Crippen molar-refractivity contribution in [3.63, 3.8) is 0 Å². The molecule has 18 heteroatoms. The number of aliphatic carboxylic acids is 1. The monoisotopic (exact) mass is 732 g/mol. The number of carboxylic acid groups (broad SMARTS) is 1. The van der Waals surface area contributed by atoms with Crippen LogP contribution in [0.1, 0.15) is 48.0 Å². The normalized spacial score (nSPS) is 11.4. The maximum atomic E-state index is 12.7. The molecule has 0 spiro atoms. The number of rotatable bonds is 17. The Bertz CT molecular complexity index is 2000. The molecule has 0 aliphatic carbocycles. The van der Waals surface area contributed by atoms with Crippen molar-refractivity contribution in [1.82, 2.24) is 35.5 Å². The number of aromatic amines is 1. The number of carbonyl (C=O) groups is 3. The molecule has 52 heavy (non-hydrogen) atoms. The highest BCUT2D eigenvalue weighted by Gasteiger charge is 2.31. The summed E-state index contributed by atoms with van der Waals surface area (Å²) in [4.78, 5) is 56.4. The molecule has 0 aliphatic rings. The van der Waals surface area contributed by atoms with E-state index in [-0.39, 0.29) is 25.0 Å². The molecule has 1 atom stereocenters. The van der Waals surface area contributed by atoms with Gasteiger partial charge in [0.05, 0.1) is 5.69 Å². The van der Waals surface area contributed by atoms with E-state index in [1.165, 1.54) is 24.3 Å². The first-order chi connectivity index (χ1) is 25.1. The van der Waals surface area contributed by atoms with Gasteiger partial charge in [0.1, 0.15) is 25.6 Å². The third kappa shape index (κ3) is 9.66. The standard InChI is InChI=1S/C34H33ClN8O9/c1-2-3-8-28-36-30(35)27(42(28)17-21-13-15-24(16-14-21)25-6-4-5-7-26(25)31-38-40-41-39-31)20-51-34(47)37-29(32(44)45)33(46)50-18-22-9-11-23(12-10-22)19-52-43(48)49/h4-7,9-16,29H,2-3,8,17-20H2,1H3,(H,37,47)(H,44,45)(H,38,39,40,41). The number of benzene rings is 3. The number of hydrogen-bond acceptors (Lipinski definition) is 12. The van der Waals surface area contributed by atoms with Gasteiger partial charge < -0.3 is 24.0 Å². The second kappa shape index (κ2) is 17.5. The van der Waals surface area contributed by atoms with Gasteiger partial charge in [-0.3, -0.25) is 5.32 Å². The van der Waals surface area contributed by atoms with Gasteiger partial charge in [0.15, 0.2) is 5.15 Å². The van der Waals surface area contributed by atoms with Crippen LogP contribution in [0.15, 0.2) is 72.8 Å². The molecule has 2 heterocycles. The van der Waals surface area contributed by atoms with Gasteiger partial charge in [0.2, 0.25) is 11.9 Å². The van der Waals surface area contributed by atoms with E-state index >= 15 is 0 Å². The van der Waals surface area contributed by atoms with Crippen molar-refractivity contribution in [2.24, 2.45) is 0 Å². The summed E-state index contributed by atoms with van der Waals surface area (Å²) < 4.78 is 12.3. The lowest BCUT2D eigenvalue weighted by Crippen LogP contribution is -2.47. The van der Waals surface area contributed by atoms with Crippen molar-refractivity contribution in [2.45, 2.75) is 58.6 Å². The first-order valence-corrected chi connectivity index (χ1v) is 16.3. The molecule has 5 rings (SSSR count). The number of nitrogens with one attached hydrogen (secondary N) is 2. The van der Waals surface area contributed by atoms with Crippen LogP contribution in [0.4, 0.5) is 4.79 Å². The molecule has 0 radical (unpaired) electrons. The number of esters is 1. The SMILES string of the molecule is CCCCc1nc(Cl)c(COC(=O)NC(C(=O)O)C(=O)OCc2ccc(CO[N+](=O)[O-])cc2)n1Cc1ccc(-c2ccccc2-c2nn[nH]n2)cc1. The zero-order valence-electron chi connectivity index (χ0n) is 27.7. The quantitative estimate of drug-likeness (QED) is 0.0501. The smallest absolute Gasteiger partial charge is 0.408 e. The number of carbonyl (C=O) groups excluding carboxylic acids is 2. The average molecular weight is 733 g/mol. The predicted molar refractivity (Wildman–Crippen MR) is 183 cm³/mol. The van der Waals surface area contributed by atoms with E-state index < -0.39 is 29.2 Å². The number of tetrazole rings is 1. The first-order valence-electron chi connectivity index (χ1n) is 16.0. The van der Waals surface area contributed by atoms with Crippen LogP contribution < -0.4 is 5.32 Å². The van der Waals surface area contributed by atoms with Crippen LogP contribution in [0.3, 0.4) is 0 Å². The summed E-state index contributed by atoms with van der Waals surface area (Å²) >= 11 is 6.53. The van der Waals surface area contributed by atoms with Crippen LogP contribution in [0.2, 0.25) is 5.15 Å². The number of amides is 1. The molecule has 0 saturated carbocycles. The minimum Gasteiger partial charge on any atom is -0.479 e. The lowest BCUT2D eigenvalue weighted by molar-refractivity contribution is -0.763. The molecule has 3 aromatic carbocycles. The van der Waals surface area contributed by atoms with Crippen LogP contribution in [-0.4, -0.2) is 64.4 Å². The Kier molecular flexibility index (Phi) is 12.4. The molecule has 17 nitrogen and oxygen atoms in total. The van der Waals surface area contributed by atoms with Crippen molar-refractivity contribution in [3.8, 4) is 22.5 Å². The van der Waals surface area contributed by atoms with Gasteiger partial charge in [-0.2, -0.15) is 5.21 Å². The molecule has 3 N–H and O–H groups in total. The number of alkyl carbamates (subject to hydrolysis) is 1. The largest absolute Gasteiger partial charge is 0.479 e. The number of hydrogen-bond donors (Lipinski definition) is 3. The number of carboxylic acids is 1. The van der Waals surface area contributed by atoms with Crippen molar-refractivity contribution >= 4 is 29.6 Å². The summed E-state index contributed by atoms with van der Waals surface area (Å²) in [6.45, 7) is 1.44. The number of nitrogens with zero attached hydrogens (tertiary/aromatic N) is 6. The van der Waals surface area contributed by atoms with Crippen LogP contribution in [-0.2, 0) is 56.7 Å². The van der Waals surface area contributed by atoms with Crippen molar-refractivity contribution in [3.05, 3.63) is 116 Å². The Morgan fingerprint density at radius 1 is 0.962 bits per heavy atom. The number of halogens is 1. The Hall–Kier alpha value is -6.36. The van der Waals surface area contributed by atoms with Gasteiger partial charge >= 0.3 is 18.0 Å². The fourth-order valence-corrected chi connectivity index (χ4v) is 5.40.